The first kappa shape index (κ1) is 45.2. The van der Waals surface area contributed by atoms with Crippen LogP contribution in [0, 0.1) is 0 Å². The van der Waals surface area contributed by atoms with Crippen LogP contribution in [0.3, 0.4) is 0 Å². The normalized spacial score (nSPS) is 18.3. The fourth-order valence-electron chi connectivity index (χ4n) is 8.68. The maximum atomic E-state index is 12.9. The van der Waals surface area contributed by atoms with E-state index in [0.29, 0.717) is 57.6 Å². The number of carbonyl (C=O) groups is 2. The molecule has 2 unspecified atom stereocenters. The Morgan fingerprint density at radius 3 is 1.88 bits per heavy atom. The van der Waals surface area contributed by atoms with Gasteiger partial charge < -0.3 is 51.6 Å². The van der Waals surface area contributed by atoms with Crippen LogP contribution in [0.5, 0.6) is 40.2 Å². The molecule has 5 rings (SSSR count). The minimum absolute atomic E-state index is 0.0578. The largest absolute Gasteiger partial charge is 0.493 e. The van der Waals surface area contributed by atoms with Gasteiger partial charge in [-0.2, -0.15) is 0 Å². The van der Waals surface area contributed by atoms with E-state index in [2.05, 4.69) is 25.2 Å². The molecule has 3 aromatic rings. The van der Waals surface area contributed by atoms with E-state index in [9.17, 15) is 9.59 Å². The molecule has 0 bridgehead atoms. The Hall–Kier alpha value is -4.85. The van der Waals surface area contributed by atoms with Crippen molar-refractivity contribution in [3.05, 3.63) is 75.8 Å². The first-order chi connectivity index (χ1) is 28.4. The predicted octanol–water partition coefficient (Wildman–Crippen LogP) is 6.83. The van der Waals surface area contributed by atoms with Gasteiger partial charge in [0.2, 0.25) is 5.75 Å². The van der Waals surface area contributed by atoms with Gasteiger partial charge in [0.1, 0.15) is 17.6 Å². The molecule has 3 aromatic carbocycles. The van der Waals surface area contributed by atoms with E-state index in [1.165, 1.54) is 11.1 Å². The summed E-state index contributed by atoms with van der Waals surface area (Å²) in [6.07, 6.45) is 6.06. The predicted molar refractivity (Wildman–Crippen MR) is 224 cm³/mol. The molecule has 59 heavy (non-hydrogen) atoms. The van der Waals surface area contributed by atoms with Crippen LogP contribution in [-0.4, -0.2) is 124 Å². The van der Waals surface area contributed by atoms with Crippen LogP contribution < -0.4 is 33.2 Å². The molecule has 0 saturated carbocycles. The van der Waals surface area contributed by atoms with Crippen molar-refractivity contribution in [1.29, 1.82) is 0 Å². The first-order valence-corrected chi connectivity index (χ1v) is 20.5. The maximum Gasteiger partial charge on any atom is 0.350 e. The number of benzene rings is 3. The van der Waals surface area contributed by atoms with E-state index in [4.69, 9.17) is 54.2 Å². The lowest BCUT2D eigenvalue weighted by atomic mass is 9.86. The van der Waals surface area contributed by atoms with E-state index < -0.39 is 11.9 Å². The van der Waals surface area contributed by atoms with Gasteiger partial charge >= 0.3 is 11.9 Å². The van der Waals surface area contributed by atoms with Gasteiger partial charge in [-0.15, -0.1) is 0 Å². The highest BCUT2D eigenvalue weighted by molar-refractivity contribution is 6.42. The third-order valence-corrected chi connectivity index (χ3v) is 12.1. The summed E-state index contributed by atoms with van der Waals surface area (Å²) in [5.41, 5.74) is 4.58. The van der Waals surface area contributed by atoms with Crippen molar-refractivity contribution >= 4 is 23.5 Å². The number of esters is 2. The van der Waals surface area contributed by atoms with Gasteiger partial charge in [-0.25, -0.2) is 9.59 Å². The summed E-state index contributed by atoms with van der Waals surface area (Å²) >= 11 is 6.26. The van der Waals surface area contributed by atoms with E-state index in [-0.39, 0.29) is 24.3 Å². The molecule has 14 heteroatoms. The number of hydrogen-bond donors (Lipinski definition) is 0. The van der Waals surface area contributed by atoms with Crippen molar-refractivity contribution < 1.29 is 61.2 Å². The molecular weight excluding hydrogens is 780 g/mol. The molecule has 1 fully saturated rings. The van der Waals surface area contributed by atoms with Crippen LogP contribution >= 0.6 is 11.6 Å². The number of fused-ring (bicyclic) bond motifs is 1. The summed E-state index contributed by atoms with van der Waals surface area (Å²) < 4.78 is 51.7. The number of nitrogens with zero attached hydrogens (tertiary/aromatic N) is 2. The number of methoxy groups -OCH3 is 7. The highest BCUT2D eigenvalue weighted by atomic mass is 35.5. The highest BCUT2D eigenvalue weighted by Gasteiger charge is 2.40. The summed E-state index contributed by atoms with van der Waals surface area (Å²) in [6.45, 7) is 5.59. The number of quaternary nitrogens is 2. The minimum Gasteiger partial charge on any atom is -0.493 e. The number of ether oxygens (including phenoxy) is 9. The molecule has 0 amide bonds. The Labute approximate surface area is 353 Å². The van der Waals surface area contributed by atoms with Crippen LogP contribution in [0.1, 0.15) is 54.0 Å². The van der Waals surface area contributed by atoms with Crippen molar-refractivity contribution in [2.75, 3.05) is 103 Å². The number of halogens is 1. The van der Waals surface area contributed by atoms with Crippen molar-refractivity contribution in [3.63, 3.8) is 0 Å². The minimum atomic E-state index is -0.763. The van der Waals surface area contributed by atoms with Gasteiger partial charge in [-0.1, -0.05) is 17.7 Å². The molecule has 0 N–H and O–H groups in total. The summed E-state index contributed by atoms with van der Waals surface area (Å²) in [6, 6.07) is 14.2. The maximum absolute atomic E-state index is 12.9. The van der Waals surface area contributed by atoms with Crippen molar-refractivity contribution in [2.45, 2.75) is 51.1 Å². The SMILES string of the molecule is COc1ccc(CC2c3cc(OC)c(OC)cc3CC[N+]2(C)CCCOC(=O)C(Cl)=CC(=O)OCCC[N+]2(Cc3cc(OC)c(OC)c(OC)c3)CCCC2)cc1OC. The second kappa shape index (κ2) is 20.9. The number of rotatable bonds is 21. The molecule has 2 atom stereocenters. The third-order valence-electron chi connectivity index (χ3n) is 11.8. The van der Waals surface area contributed by atoms with Gasteiger partial charge in [0.25, 0.3) is 0 Å². The zero-order valence-corrected chi connectivity index (χ0v) is 36.6. The molecular formula is C45H61ClN2O11+2. The summed E-state index contributed by atoms with van der Waals surface area (Å²) in [5, 5.41) is -0.319. The van der Waals surface area contributed by atoms with E-state index in [1.807, 2.05) is 24.3 Å². The fraction of sp³-hybridized carbons (Fsp3) is 0.511. The lowest BCUT2D eigenvalue weighted by Gasteiger charge is -2.46. The third kappa shape index (κ3) is 11.1. The van der Waals surface area contributed by atoms with Gasteiger partial charge in [0.05, 0.1) is 103 Å². The Morgan fingerprint density at radius 1 is 0.678 bits per heavy atom. The number of likely N-dealkylation sites (N-methyl/N-ethyl adjacent to an activating group) is 1. The summed E-state index contributed by atoms with van der Waals surface area (Å²) in [5.74, 6) is 3.09. The molecule has 13 nitrogen and oxygen atoms in total. The van der Waals surface area contributed by atoms with Crippen molar-refractivity contribution in [2.24, 2.45) is 0 Å². The Balaban J connectivity index is 1.15. The van der Waals surface area contributed by atoms with Gasteiger partial charge in [-0.3, -0.25) is 0 Å². The molecule has 2 heterocycles. The zero-order chi connectivity index (χ0) is 42.6. The molecule has 2 aliphatic heterocycles. The van der Waals surface area contributed by atoms with Crippen molar-refractivity contribution in [3.8, 4) is 40.2 Å². The lowest BCUT2D eigenvalue weighted by molar-refractivity contribution is -0.941. The zero-order valence-electron chi connectivity index (χ0n) is 35.9. The molecule has 0 radical (unpaired) electrons. The fourth-order valence-corrected chi connectivity index (χ4v) is 8.82. The van der Waals surface area contributed by atoms with Crippen LogP contribution in [0.2, 0.25) is 0 Å². The van der Waals surface area contributed by atoms with Gasteiger partial charge in [0.15, 0.2) is 34.5 Å². The topological polar surface area (TPSA) is 117 Å². The summed E-state index contributed by atoms with van der Waals surface area (Å²) in [4.78, 5) is 25.5. The van der Waals surface area contributed by atoms with Crippen LogP contribution in [0.15, 0.2) is 53.6 Å². The molecule has 2 aliphatic rings. The van der Waals surface area contributed by atoms with Crippen LogP contribution in [0.25, 0.3) is 0 Å². The summed E-state index contributed by atoms with van der Waals surface area (Å²) in [7, 11) is 13.6. The Kier molecular flexibility index (Phi) is 16.0. The van der Waals surface area contributed by atoms with E-state index in [0.717, 1.165) is 86.6 Å². The molecule has 1 saturated heterocycles. The molecule has 0 spiro atoms. The number of hydrogen-bond acceptors (Lipinski definition) is 11. The smallest absolute Gasteiger partial charge is 0.350 e. The standard InChI is InChI=1S/C45H61ClN2O11/c1-47(20-15-33-27-39(53-4)40(54-5)28-34(33)36(47)23-31-13-14-37(51-2)38(24-31)52-3)16-11-22-59-45(50)35(46)29-43(49)58-21-12-19-48(17-9-10-18-48)30-32-25-41(55-6)44(57-8)42(26-32)56-7/h13-14,24-29,36H,9-12,15-23,30H2,1-8H3/q+2. The average Bonchev–Trinajstić information content (AvgIpc) is 3.71. The second-order valence-electron chi connectivity index (χ2n) is 15.4. The molecule has 0 aliphatic carbocycles. The van der Waals surface area contributed by atoms with E-state index in [1.54, 1.807) is 49.8 Å². The van der Waals surface area contributed by atoms with Crippen LogP contribution in [-0.2, 0) is 38.4 Å². The number of carbonyl (C=O) groups excluding carboxylic acids is 2. The lowest BCUT2D eigenvalue weighted by Crippen LogP contribution is -2.52. The van der Waals surface area contributed by atoms with E-state index >= 15 is 0 Å². The molecule has 322 valence electrons. The van der Waals surface area contributed by atoms with Crippen molar-refractivity contribution in [1.82, 2.24) is 0 Å². The van der Waals surface area contributed by atoms with Gasteiger partial charge in [0, 0.05) is 55.7 Å². The Morgan fingerprint density at radius 2 is 1.25 bits per heavy atom. The second-order valence-corrected chi connectivity index (χ2v) is 15.8. The number of likely N-dealkylation sites (tertiary alicyclic amines) is 1. The molecule has 0 aromatic heterocycles. The van der Waals surface area contributed by atoms with Crippen LogP contribution in [0.4, 0.5) is 0 Å². The average molecular weight is 841 g/mol. The quantitative estimate of drug-likeness (QED) is 0.0487. The monoisotopic (exact) mass is 840 g/mol. The highest BCUT2D eigenvalue weighted by Crippen LogP contribution is 2.44. The first-order valence-electron chi connectivity index (χ1n) is 20.1. The Bertz CT molecular complexity index is 1920. The van der Waals surface area contributed by atoms with Gasteiger partial charge in [-0.05, 0) is 47.5 Å².